The minimum absolute atomic E-state index is 0.203. The number of aliphatic imine (C=N–C) groups is 1. The van der Waals surface area contributed by atoms with E-state index in [2.05, 4.69) is 20.3 Å². The van der Waals surface area contributed by atoms with Crippen molar-refractivity contribution in [2.45, 2.75) is 6.92 Å². The largest absolute Gasteiger partial charge is 0.299 e. The van der Waals surface area contributed by atoms with Gasteiger partial charge in [-0.1, -0.05) is 48.5 Å². The molecule has 29 heavy (non-hydrogen) atoms. The van der Waals surface area contributed by atoms with E-state index in [1.807, 2.05) is 91.9 Å². The summed E-state index contributed by atoms with van der Waals surface area (Å²) in [4.78, 5) is 17.5. The third-order valence-electron chi connectivity index (χ3n) is 4.27. The number of aryl methyl sites for hydroxylation is 1. The quantitative estimate of drug-likeness (QED) is 0.352. The lowest BCUT2D eigenvalue weighted by Crippen LogP contribution is -2.13. The van der Waals surface area contributed by atoms with Gasteiger partial charge in [0.1, 0.15) is 5.69 Å². The van der Waals surface area contributed by atoms with Gasteiger partial charge in [0.25, 0.3) is 5.56 Å². The van der Waals surface area contributed by atoms with Crippen LogP contribution in [0, 0.1) is 6.92 Å². The van der Waals surface area contributed by atoms with Crippen LogP contribution in [0.1, 0.15) is 11.3 Å². The van der Waals surface area contributed by atoms with Gasteiger partial charge in [-0.15, -0.1) is 5.11 Å². The standard InChI is InChI=1S/C23H19N5O/c1-17-9-8-12-19(15-17)24-16-21-22(26-25-18-10-4-2-5-11-18)23(29)28(27-21)20-13-6-3-7-14-20/h2-16,27H,1H3. The molecular formula is C23H19N5O. The Labute approximate surface area is 167 Å². The first kappa shape index (κ1) is 18.3. The molecule has 0 amide bonds. The lowest BCUT2D eigenvalue weighted by Gasteiger charge is -1.99. The highest BCUT2D eigenvalue weighted by Crippen LogP contribution is 2.20. The molecule has 0 aliphatic rings. The molecule has 6 nitrogen and oxygen atoms in total. The average Bonchev–Trinajstić information content (AvgIpc) is 3.07. The summed E-state index contributed by atoms with van der Waals surface area (Å²) >= 11 is 0. The highest BCUT2D eigenvalue weighted by Gasteiger charge is 2.14. The molecular weight excluding hydrogens is 362 g/mol. The minimum atomic E-state index is -0.290. The Morgan fingerprint density at radius 1 is 0.828 bits per heavy atom. The number of hydrogen-bond acceptors (Lipinski definition) is 4. The van der Waals surface area contributed by atoms with E-state index in [0.717, 1.165) is 11.3 Å². The van der Waals surface area contributed by atoms with Gasteiger partial charge in [0.05, 0.1) is 23.3 Å². The van der Waals surface area contributed by atoms with Gasteiger partial charge in [-0.25, -0.2) is 4.68 Å². The second-order valence-electron chi connectivity index (χ2n) is 6.48. The molecule has 142 valence electrons. The number of aromatic amines is 1. The van der Waals surface area contributed by atoms with E-state index in [4.69, 9.17) is 0 Å². The predicted molar refractivity (Wildman–Crippen MR) is 115 cm³/mol. The van der Waals surface area contributed by atoms with Crippen LogP contribution in [0.4, 0.5) is 17.1 Å². The van der Waals surface area contributed by atoms with Crippen LogP contribution in [0.5, 0.6) is 0 Å². The molecule has 1 aromatic heterocycles. The van der Waals surface area contributed by atoms with Crippen LogP contribution in [0.2, 0.25) is 0 Å². The molecule has 1 N–H and O–H groups in total. The summed E-state index contributed by atoms with van der Waals surface area (Å²) in [6, 6.07) is 26.4. The highest BCUT2D eigenvalue weighted by atomic mass is 16.1. The summed E-state index contributed by atoms with van der Waals surface area (Å²) in [5, 5.41) is 11.5. The lowest BCUT2D eigenvalue weighted by molar-refractivity contribution is 0.846. The molecule has 0 atom stereocenters. The van der Waals surface area contributed by atoms with Gasteiger partial charge in [0.2, 0.25) is 0 Å². The van der Waals surface area contributed by atoms with Crippen molar-refractivity contribution in [3.63, 3.8) is 0 Å². The molecule has 0 aliphatic carbocycles. The highest BCUT2D eigenvalue weighted by molar-refractivity contribution is 5.85. The Hall–Kier alpha value is -4.06. The normalized spacial score (nSPS) is 11.5. The molecule has 0 radical (unpaired) electrons. The van der Waals surface area contributed by atoms with Gasteiger partial charge in [0.15, 0.2) is 5.69 Å². The van der Waals surface area contributed by atoms with Crippen LogP contribution < -0.4 is 5.56 Å². The van der Waals surface area contributed by atoms with Gasteiger partial charge in [0, 0.05) is 0 Å². The minimum Gasteiger partial charge on any atom is -0.287 e. The van der Waals surface area contributed by atoms with E-state index in [1.165, 1.54) is 4.68 Å². The van der Waals surface area contributed by atoms with E-state index in [0.29, 0.717) is 17.1 Å². The fourth-order valence-electron chi connectivity index (χ4n) is 2.84. The van der Waals surface area contributed by atoms with Gasteiger partial charge < -0.3 is 0 Å². The summed E-state index contributed by atoms with van der Waals surface area (Å²) in [5.41, 5.74) is 3.68. The molecule has 0 saturated carbocycles. The first-order chi connectivity index (χ1) is 14.2. The molecule has 0 saturated heterocycles. The van der Waals surface area contributed by atoms with E-state index >= 15 is 0 Å². The summed E-state index contributed by atoms with van der Waals surface area (Å²) in [6.45, 7) is 2.01. The molecule has 0 spiro atoms. The second kappa shape index (κ2) is 8.31. The Morgan fingerprint density at radius 2 is 1.52 bits per heavy atom. The van der Waals surface area contributed by atoms with Crippen LogP contribution >= 0.6 is 0 Å². The fraction of sp³-hybridized carbons (Fsp3) is 0.0435. The number of azo groups is 1. The third kappa shape index (κ3) is 4.27. The number of benzene rings is 3. The molecule has 3 aromatic carbocycles. The number of nitrogens with one attached hydrogen (secondary N) is 1. The molecule has 4 rings (SSSR count). The van der Waals surface area contributed by atoms with Gasteiger partial charge in [-0.05, 0) is 48.9 Å². The molecule has 0 bridgehead atoms. The van der Waals surface area contributed by atoms with Crippen molar-refractivity contribution in [3.8, 4) is 5.69 Å². The monoisotopic (exact) mass is 381 g/mol. The topological polar surface area (TPSA) is 74.9 Å². The van der Waals surface area contributed by atoms with Crippen molar-refractivity contribution in [2.75, 3.05) is 0 Å². The van der Waals surface area contributed by atoms with Crippen molar-refractivity contribution in [1.29, 1.82) is 0 Å². The lowest BCUT2D eigenvalue weighted by atomic mass is 10.2. The Kier molecular flexibility index (Phi) is 5.25. The van der Waals surface area contributed by atoms with Crippen LogP contribution in [0.15, 0.2) is 105 Å². The number of hydrogen-bond donors (Lipinski definition) is 1. The van der Waals surface area contributed by atoms with Crippen LogP contribution in [-0.2, 0) is 0 Å². The average molecular weight is 381 g/mol. The van der Waals surface area contributed by atoms with Crippen LogP contribution in [0.3, 0.4) is 0 Å². The van der Waals surface area contributed by atoms with Gasteiger partial charge in [-0.3, -0.25) is 14.9 Å². The Bertz CT molecular complexity index is 1220. The first-order valence-corrected chi connectivity index (χ1v) is 9.19. The number of nitrogens with zero attached hydrogens (tertiary/aromatic N) is 4. The zero-order chi connectivity index (χ0) is 20.1. The zero-order valence-corrected chi connectivity index (χ0v) is 15.9. The zero-order valence-electron chi connectivity index (χ0n) is 15.9. The summed E-state index contributed by atoms with van der Waals surface area (Å²) in [5.74, 6) is 0. The van der Waals surface area contributed by atoms with Crippen LogP contribution in [0.25, 0.3) is 5.69 Å². The molecule has 0 unspecified atom stereocenters. The van der Waals surface area contributed by atoms with Crippen molar-refractivity contribution in [3.05, 3.63) is 107 Å². The SMILES string of the molecule is Cc1cccc(N=Cc2[nH]n(-c3ccccc3)c(=O)c2N=Nc2ccccc2)c1. The first-order valence-electron chi connectivity index (χ1n) is 9.19. The van der Waals surface area contributed by atoms with Crippen molar-refractivity contribution >= 4 is 23.3 Å². The van der Waals surface area contributed by atoms with Crippen molar-refractivity contribution < 1.29 is 0 Å². The smallest absolute Gasteiger partial charge is 0.287 e. The third-order valence-corrected chi connectivity index (χ3v) is 4.27. The van der Waals surface area contributed by atoms with Gasteiger partial charge >= 0.3 is 0 Å². The molecule has 0 fully saturated rings. The molecule has 4 aromatic rings. The van der Waals surface area contributed by atoms with E-state index in [9.17, 15) is 4.79 Å². The summed E-state index contributed by atoms with van der Waals surface area (Å²) in [6.07, 6.45) is 1.61. The number of rotatable bonds is 5. The maximum Gasteiger partial charge on any atom is 0.299 e. The predicted octanol–water partition coefficient (Wildman–Crippen LogP) is 5.64. The van der Waals surface area contributed by atoms with Crippen LogP contribution in [-0.4, -0.2) is 16.0 Å². The number of para-hydroxylation sites is 1. The van der Waals surface area contributed by atoms with E-state index in [1.54, 1.807) is 6.21 Å². The number of H-pyrrole nitrogens is 1. The summed E-state index contributed by atoms with van der Waals surface area (Å²) in [7, 11) is 0. The van der Waals surface area contributed by atoms with E-state index < -0.39 is 0 Å². The van der Waals surface area contributed by atoms with Crippen molar-refractivity contribution in [1.82, 2.24) is 9.78 Å². The fourth-order valence-corrected chi connectivity index (χ4v) is 2.84. The summed E-state index contributed by atoms with van der Waals surface area (Å²) < 4.78 is 1.44. The molecule has 6 heteroatoms. The number of aromatic nitrogens is 2. The van der Waals surface area contributed by atoms with E-state index in [-0.39, 0.29) is 11.2 Å². The maximum atomic E-state index is 13.0. The maximum absolute atomic E-state index is 13.0. The Morgan fingerprint density at radius 3 is 2.24 bits per heavy atom. The second-order valence-corrected chi connectivity index (χ2v) is 6.48. The molecule has 0 aliphatic heterocycles. The Balaban J connectivity index is 1.78. The molecule has 1 heterocycles. The van der Waals surface area contributed by atoms with Crippen molar-refractivity contribution in [2.24, 2.45) is 15.2 Å². The van der Waals surface area contributed by atoms with Gasteiger partial charge in [-0.2, -0.15) is 5.11 Å².